The monoisotopic (exact) mass is 434 g/mol. The number of rotatable bonds is 7. The van der Waals surface area contributed by atoms with Gasteiger partial charge in [-0.25, -0.2) is 9.97 Å². The number of hydrogen-bond donors (Lipinski definition) is 1. The summed E-state index contributed by atoms with van der Waals surface area (Å²) in [5, 5.41) is 3.91. The van der Waals surface area contributed by atoms with Crippen LogP contribution in [-0.2, 0) is 12.8 Å². The van der Waals surface area contributed by atoms with Crippen molar-refractivity contribution < 1.29 is 4.79 Å². The number of aromatic nitrogens is 2. The quantitative estimate of drug-likeness (QED) is 0.561. The van der Waals surface area contributed by atoms with Gasteiger partial charge in [-0.3, -0.25) is 4.79 Å². The molecule has 2 aromatic carbocycles. The van der Waals surface area contributed by atoms with E-state index in [9.17, 15) is 4.79 Å². The highest BCUT2D eigenvalue weighted by molar-refractivity contribution is 6.31. The lowest BCUT2D eigenvalue weighted by Gasteiger charge is -2.29. The standard InChI is InChI=1S/C25H27ClN4O/c1-2-24(31)21-6-4-3-5-19(21)16-23-22(26)17-28-25(29-23)15-18-7-9-20(10-8-18)30-13-11-27-12-14-30/h3-10,17,27H,2,11-16H2,1H3. The number of halogens is 1. The fourth-order valence-electron chi connectivity index (χ4n) is 3.90. The highest BCUT2D eigenvalue weighted by Gasteiger charge is 2.14. The van der Waals surface area contributed by atoms with Crippen LogP contribution in [0.2, 0.25) is 5.02 Å². The van der Waals surface area contributed by atoms with Crippen LogP contribution in [0.1, 0.15) is 46.3 Å². The minimum atomic E-state index is 0.130. The molecule has 0 unspecified atom stereocenters. The first-order valence-electron chi connectivity index (χ1n) is 10.8. The molecule has 1 aromatic heterocycles. The molecule has 1 fully saturated rings. The summed E-state index contributed by atoms with van der Waals surface area (Å²) in [6.45, 7) is 5.99. The van der Waals surface area contributed by atoms with Gasteiger partial charge >= 0.3 is 0 Å². The van der Waals surface area contributed by atoms with Gasteiger partial charge in [0.2, 0.25) is 0 Å². The first kappa shape index (κ1) is 21.5. The van der Waals surface area contributed by atoms with Crippen molar-refractivity contribution >= 4 is 23.1 Å². The molecule has 3 aromatic rings. The highest BCUT2D eigenvalue weighted by Crippen LogP contribution is 2.22. The van der Waals surface area contributed by atoms with Crippen LogP contribution in [0.3, 0.4) is 0 Å². The van der Waals surface area contributed by atoms with Gasteiger partial charge < -0.3 is 10.2 Å². The van der Waals surface area contributed by atoms with Crippen molar-refractivity contribution in [3.63, 3.8) is 0 Å². The number of hydrogen-bond acceptors (Lipinski definition) is 5. The van der Waals surface area contributed by atoms with E-state index in [1.54, 1.807) is 6.20 Å². The summed E-state index contributed by atoms with van der Waals surface area (Å²) in [5.74, 6) is 0.860. The zero-order valence-corrected chi connectivity index (χ0v) is 18.5. The van der Waals surface area contributed by atoms with E-state index >= 15 is 0 Å². The molecule has 1 saturated heterocycles. The van der Waals surface area contributed by atoms with E-state index in [0.29, 0.717) is 24.3 Å². The number of anilines is 1. The Labute approximate surface area is 188 Å². The molecule has 31 heavy (non-hydrogen) atoms. The Hall–Kier alpha value is -2.76. The molecule has 0 spiro atoms. The minimum absolute atomic E-state index is 0.130. The Balaban J connectivity index is 1.50. The van der Waals surface area contributed by atoms with Gasteiger partial charge in [0.05, 0.1) is 10.7 Å². The second kappa shape index (κ2) is 10.0. The molecule has 1 N–H and O–H groups in total. The van der Waals surface area contributed by atoms with Crippen LogP contribution in [-0.4, -0.2) is 41.9 Å². The summed E-state index contributed by atoms with van der Waals surface area (Å²) in [5.41, 5.74) is 4.85. The van der Waals surface area contributed by atoms with E-state index in [2.05, 4.69) is 39.5 Å². The third-order valence-electron chi connectivity index (χ3n) is 5.64. The molecule has 0 bridgehead atoms. The van der Waals surface area contributed by atoms with Crippen LogP contribution in [0.15, 0.2) is 54.7 Å². The normalized spacial score (nSPS) is 13.9. The van der Waals surface area contributed by atoms with Gasteiger partial charge in [0, 0.05) is 62.9 Å². The fourth-order valence-corrected chi connectivity index (χ4v) is 4.06. The van der Waals surface area contributed by atoms with Crippen molar-refractivity contribution in [3.8, 4) is 0 Å². The zero-order valence-electron chi connectivity index (χ0n) is 17.8. The van der Waals surface area contributed by atoms with Crippen molar-refractivity contribution in [1.82, 2.24) is 15.3 Å². The van der Waals surface area contributed by atoms with Crippen molar-refractivity contribution in [2.75, 3.05) is 31.1 Å². The van der Waals surface area contributed by atoms with E-state index in [-0.39, 0.29) is 5.78 Å². The molecule has 0 radical (unpaired) electrons. The Morgan fingerprint density at radius 3 is 2.55 bits per heavy atom. The summed E-state index contributed by atoms with van der Waals surface area (Å²) in [6, 6.07) is 16.3. The fraction of sp³-hybridized carbons (Fsp3) is 0.320. The lowest BCUT2D eigenvalue weighted by Crippen LogP contribution is -2.43. The topological polar surface area (TPSA) is 58.1 Å². The first-order valence-corrected chi connectivity index (χ1v) is 11.2. The van der Waals surface area contributed by atoms with E-state index < -0.39 is 0 Å². The van der Waals surface area contributed by atoms with E-state index in [1.165, 1.54) is 5.69 Å². The number of Topliss-reactive ketones (excluding diaryl/α,β-unsaturated/α-hetero) is 1. The molecular formula is C25H27ClN4O. The van der Waals surface area contributed by atoms with Crippen molar-refractivity contribution in [2.45, 2.75) is 26.2 Å². The maximum absolute atomic E-state index is 12.3. The average Bonchev–Trinajstić information content (AvgIpc) is 2.82. The third kappa shape index (κ3) is 5.30. The predicted octanol–water partition coefficient (Wildman–Crippen LogP) is 4.31. The van der Waals surface area contributed by atoms with Gasteiger partial charge in [0.25, 0.3) is 0 Å². The Morgan fingerprint density at radius 2 is 1.81 bits per heavy atom. The van der Waals surface area contributed by atoms with E-state index in [1.807, 2.05) is 31.2 Å². The van der Waals surface area contributed by atoms with Crippen molar-refractivity contribution in [3.05, 3.63) is 88.0 Å². The van der Waals surface area contributed by atoms with Gasteiger partial charge in [0.1, 0.15) is 5.82 Å². The molecule has 0 saturated carbocycles. The lowest BCUT2D eigenvalue weighted by molar-refractivity contribution is 0.0987. The maximum Gasteiger partial charge on any atom is 0.162 e. The molecule has 6 heteroatoms. The van der Waals surface area contributed by atoms with Crippen molar-refractivity contribution in [1.29, 1.82) is 0 Å². The van der Waals surface area contributed by atoms with Crippen molar-refractivity contribution in [2.24, 2.45) is 0 Å². The molecule has 160 valence electrons. The average molecular weight is 435 g/mol. The molecule has 5 nitrogen and oxygen atoms in total. The smallest absolute Gasteiger partial charge is 0.162 e. The van der Waals surface area contributed by atoms with Crippen LogP contribution >= 0.6 is 11.6 Å². The van der Waals surface area contributed by atoms with E-state index in [0.717, 1.165) is 54.4 Å². The second-order valence-electron chi connectivity index (χ2n) is 7.77. The molecule has 4 rings (SSSR count). The second-order valence-corrected chi connectivity index (χ2v) is 8.18. The highest BCUT2D eigenvalue weighted by atomic mass is 35.5. The summed E-state index contributed by atoms with van der Waals surface area (Å²) < 4.78 is 0. The first-order chi connectivity index (χ1) is 15.1. The number of ketones is 1. The summed E-state index contributed by atoms with van der Waals surface area (Å²) >= 11 is 6.40. The number of carbonyl (C=O) groups is 1. The van der Waals surface area contributed by atoms with E-state index in [4.69, 9.17) is 16.6 Å². The number of benzene rings is 2. The minimum Gasteiger partial charge on any atom is -0.369 e. The maximum atomic E-state index is 12.3. The van der Waals surface area contributed by atoms with Gasteiger partial charge in [-0.05, 0) is 23.3 Å². The summed E-state index contributed by atoms with van der Waals surface area (Å²) in [6.07, 6.45) is 3.29. The Kier molecular flexibility index (Phi) is 6.95. The number of nitrogens with zero attached hydrogens (tertiary/aromatic N) is 3. The third-order valence-corrected chi connectivity index (χ3v) is 5.96. The molecule has 0 amide bonds. The van der Waals surface area contributed by atoms with Crippen LogP contribution in [0.25, 0.3) is 0 Å². The lowest BCUT2D eigenvalue weighted by atomic mass is 9.98. The Morgan fingerprint density at radius 1 is 1.06 bits per heavy atom. The predicted molar refractivity (Wildman–Crippen MR) is 125 cm³/mol. The largest absolute Gasteiger partial charge is 0.369 e. The molecule has 0 atom stereocenters. The van der Waals surface area contributed by atoms with Gasteiger partial charge in [-0.1, -0.05) is 54.9 Å². The molecular weight excluding hydrogens is 408 g/mol. The van der Waals surface area contributed by atoms with Crippen LogP contribution in [0, 0.1) is 0 Å². The number of carbonyl (C=O) groups excluding carboxylic acids is 1. The SMILES string of the molecule is CCC(=O)c1ccccc1Cc1nc(Cc2ccc(N3CCNCC3)cc2)ncc1Cl. The molecule has 1 aliphatic rings. The summed E-state index contributed by atoms with van der Waals surface area (Å²) in [4.78, 5) is 23.8. The molecule has 2 heterocycles. The van der Waals surface area contributed by atoms with Gasteiger partial charge in [-0.15, -0.1) is 0 Å². The Bertz CT molecular complexity index is 1050. The number of nitrogens with one attached hydrogen (secondary N) is 1. The zero-order chi connectivity index (χ0) is 21.6. The van der Waals surface area contributed by atoms with Crippen LogP contribution in [0.5, 0.6) is 0 Å². The number of piperazine rings is 1. The van der Waals surface area contributed by atoms with Crippen LogP contribution < -0.4 is 10.2 Å². The van der Waals surface area contributed by atoms with Crippen LogP contribution in [0.4, 0.5) is 5.69 Å². The summed E-state index contributed by atoms with van der Waals surface area (Å²) in [7, 11) is 0. The molecule has 0 aliphatic carbocycles. The van der Waals surface area contributed by atoms with Gasteiger partial charge in [-0.2, -0.15) is 0 Å². The molecule has 1 aliphatic heterocycles. The van der Waals surface area contributed by atoms with Gasteiger partial charge in [0.15, 0.2) is 5.78 Å².